The van der Waals surface area contributed by atoms with Crippen LogP contribution in [0.4, 0.5) is 0 Å². The second-order valence-corrected chi connectivity index (χ2v) is 6.73. The summed E-state index contributed by atoms with van der Waals surface area (Å²) in [5.41, 5.74) is 2.21. The lowest BCUT2D eigenvalue weighted by Gasteiger charge is -2.28. The van der Waals surface area contributed by atoms with Crippen molar-refractivity contribution in [2.45, 2.75) is 50.4 Å². The molecule has 1 aliphatic heterocycles. The van der Waals surface area contributed by atoms with Gasteiger partial charge in [0, 0.05) is 25.0 Å². The number of aliphatic hydroxyl groups is 2. The predicted molar refractivity (Wildman–Crippen MR) is 86.0 cm³/mol. The Bertz CT molecular complexity index is 538. The maximum Gasteiger partial charge on any atom is 0.223 e. The Balaban J connectivity index is 1.73. The van der Waals surface area contributed by atoms with E-state index in [-0.39, 0.29) is 17.7 Å². The van der Waals surface area contributed by atoms with Gasteiger partial charge in [0.1, 0.15) is 6.10 Å². The van der Waals surface area contributed by atoms with Gasteiger partial charge in [0.2, 0.25) is 5.91 Å². The van der Waals surface area contributed by atoms with E-state index in [9.17, 15) is 15.0 Å². The van der Waals surface area contributed by atoms with Crippen LogP contribution in [0.25, 0.3) is 0 Å². The van der Waals surface area contributed by atoms with Gasteiger partial charge in [-0.2, -0.15) is 0 Å². The highest BCUT2D eigenvalue weighted by Gasteiger charge is 2.43. The lowest BCUT2D eigenvalue weighted by Crippen LogP contribution is -2.48. The van der Waals surface area contributed by atoms with Crippen LogP contribution in [0, 0.1) is 12.8 Å². The van der Waals surface area contributed by atoms with Crippen LogP contribution in [0.3, 0.4) is 0 Å². The summed E-state index contributed by atoms with van der Waals surface area (Å²) in [4.78, 5) is 12.5. The van der Waals surface area contributed by atoms with Crippen molar-refractivity contribution in [3.8, 4) is 0 Å². The number of carbonyl (C=O) groups excluding carboxylic acids is 1. The van der Waals surface area contributed by atoms with Crippen molar-refractivity contribution >= 4 is 5.91 Å². The second-order valence-electron chi connectivity index (χ2n) is 6.73. The van der Waals surface area contributed by atoms with Gasteiger partial charge in [0.25, 0.3) is 0 Å². The minimum atomic E-state index is -0.926. The highest BCUT2D eigenvalue weighted by molar-refractivity contribution is 5.79. The summed E-state index contributed by atoms with van der Waals surface area (Å²) in [5.74, 6) is -0.166. The molecule has 1 amide bonds. The van der Waals surface area contributed by atoms with Crippen LogP contribution in [0.2, 0.25) is 0 Å². The zero-order valence-electron chi connectivity index (χ0n) is 13.4. The van der Waals surface area contributed by atoms with Gasteiger partial charge in [-0.05, 0) is 31.7 Å². The van der Waals surface area contributed by atoms with Crippen LogP contribution in [0.1, 0.15) is 36.3 Å². The van der Waals surface area contributed by atoms with E-state index in [1.807, 2.05) is 31.2 Å². The number of carbonyl (C=O) groups is 1. The van der Waals surface area contributed by atoms with Gasteiger partial charge in [0.15, 0.2) is 0 Å². The molecule has 1 saturated heterocycles. The molecule has 3 N–H and O–H groups in total. The first-order valence-corrected chi connectivity index (χ1v) is 8.37. The molecule has 1 aromatic rings. The Morgan fingerprint density at radius 3 is 2.48 bits per heavy atom. The van der Waals surface area contributed by atoms with Gasteiger partial charge in [-0.15, -0.1) is 0 Å². The monoisotopic (exact) mass is 319 g/mol. The van der Waals surface area contributed by atoms with Gasteiger partial charge in [0.05, 0.1) is 12.1 Å². The molecule has 4 atom stereocenters. The first kappa shape index (κ1) is 16.4. The molecule has 23 heavy (non-hydrogen) atoms. The molecule has 4 unspecified atom stereocenters. The molecular formula is C18H25NO4. The number of amides is 1. The van der Waals surface area contributed by atoms with Crippen LogP contribution >= 0.6 is 0 Å². The third-order valence-electron chi connectivity index (χ3n) is 5.10. The van der Waals surface area contributed by atoms with Crippen molar-refractivity contribution in [2.24, 2.45) is 5.92 Å². The Morgan fingerprint density at radius 1 is 1.17 bits per heavy atom. The SMILES string of the molecule is Cc1ccc(C2CC(O)C(O)C2NC(=O)C2CCOCC2)cc1. The molecule has 0 aromatic heterocycles. The predicted octanol–water partition coefficient (Wildman–Crippen LogP) is 1.12. The molecule has 5 heteroatoms. The largest absolute Gasteiger partial charge is 0.390 e. The molecule has 5 nitrogen and oxygen atoms in total. The number of rotatable bonds is 3. The molecule has 0 bridgehead atoms. The van der Waals surface area contributed by atoms with Gasteiger partial charge in [-0.3, -0.25) is 4.79 Å². The van der Waals surface area contributed by atoms with E-state index in [1.54, 1.807) is 0 Å². The fourth-order valence-corrected chi connectivity index (χ4v) is 3.61. The van der Waals surface area contributed by atoms with E-state index in [2.05, 4.69) is 5.32 Å². The van der Waals surface area contributed by atoms with Crippen molar-refractivity contribution in [1.29, 1.82) is 0 Å². The van der Waals surface area contributed by atoms with Crippen molar-refractivity contribution in [1.82, 2.24) is 5.32 Å². The van der Waals surface area contributed by atoms with Crippen LogP contribution in [-0.2, 0) is 9.53 Å². The van der Waals surface area contributed by atoms with Gasteiger partial charge >= 0.3 is 0 Å². The third kappa shape index (κ3) is 3.57. The van der Waals surface area contributed by atoms with Crippen molar-refractivity contribution < 1.29 is 19.7 Å². The molecular weight excluding hydrogens is 294 g/mol. The normalized spacial score (nSPS) is 32.0. The first-order chi connectivity index (χ1) is 11.1. The minimum absolute atomic E-state index is 0.0384. The van der Waals surface area contributed by atoms with Crippen LogP contribution in [0.5, 0.6) is 0 Å². The molecule has 1 saturated carbocycles. The zero-order valence-corrected chi connectivity index (χ0v) is 13.4. The average Bonchev–Trinajstić information content (AvgIpc) is 2.85. The fourth-order valence-electron chi connectivity index (χ4n) is 3.61. The number of hydrogen-bond acceptors (Lipinski definition) is 4. The summed E-state index contributed by atoms with van der Waals surface area (Å²) in [6.45, 7) is 3.23. The quantitative estimate of drug-likeness (QED) is 0.780. The second kappa shape index (κ2) is 6.99. The van der Waals surface area contributed by atoms with Crippen molar-refractivity contribution in [2.75, 3.05) is 13.2 Å². The maximum atomic E-state index is 12.5. The van der Waals surface area contributed by atoms with Gasteiger partial charge in [-0.25, -0.2) is 0 Å². The summed E-state index contributed by atoms with van der Waals surface area (Å²) >= 11 is 0. The summed E-state index contributed by atoms with van der Waals surface area (Å²) in [5, 5.41) is 23.3. The van der Waals surface area contributed by atoms with E-state index >= 15 is 0 Å². The van der Waals surface area contributed by atoms with Crippen LogP contribution in [-0.4, -0.2) is 47.6 Å². The Hall–Kier alpha value is -1.43. The van der Waals surface area contributed by atoms with Gasteiger partial charge < -0.3 is 20.3 Å². The van der Waals surface area contributed by atoms with E-state index in [0.717, 1.165) is 11.1 Å². The molecule has 0 spiro atoms. The number of aryl methyl sites for hydroxylation is 1. The van der Waals surface area contributed by atoms with Crippen LogP contribution < -0.4 is 5.32 Å². The van der Waals surface area contributed by atoms with Gasteiger partial charge in [-0.1, -0.05) is 29.8 Å². The van der Waals surface area contributed by atoms with E-state index in [0.29, 0.717) is 32.5 Å². The molecule has 1 aromatic carbocycles. The number of ether oxygens (including phenoxy) is 1. The molecule has 0 radical (unpaired) electrons. The minimum Gasteiger partial charge on any atom is -0.390 e. The molecule has 2 fully saturated rings. The van der Waals surface area contributed by atoms with E-state index in [1.165, 1.54) is 0 Å². The Morgan fingerprint density at radius 2 is 1.83 bits per heavy atom. The maximum absolute atomic E-state index is 12.5. The number of nitrogens with one attached hydrogen (secondary N) is 1. The highest BCUT2D eigenvalue weighted by atomic mass is 16.5. The third-order valence-corrected chi connectivity index (χ3v) is 5.10. The molecule has 1 aliphatic carbocycles. The molecule has 126 valence electrons. The number of hydrogen-bond donors (Lipinski definition) is 3. The lowest BCUT2D eigenvalue weighted by atomic mass is 9.91. The topological polar surface area (TPSA) is 78.8 Å². The van der Waals surface area contributed by atoms with Crippen LogP contribution in [0.15, 0.2) is 24.3 Å². The standard InChI is InChI=1S/C18H25NO4/c1-11-2-4-12(5-3-11)14-10-15(20)17(21)16(14)19-18(22)13-6-8-23-9-7-13/h2-5,13-17,20-21H,6-10H2,1H3,(H,19,22). The highest BCUT2D eigenvalue weighted by Crippen LogP contribution is 2.35. The first-order valence-electron chi connectivity index (χ1n) is 8.37. The Labute approximate surface area is 136 Å². The van der Waals surface area contributed by atoms with Crippen molar-refractivity contribution in [3.05, 3.63) is 35.4 Å². The number of aliphatic hydroxyl groups excluding tert-OH is 2. The lowest BCUT2D eigenvalue weighted by molar-refractivity contribution is -0.129. The summed E-state index contributed by atoms with van der Waals surface area (Å²) in [7, 11) is 0. The van der Waals surface area contributed by atoms with Crippen molar-refractivity contribution in [3.63, 3.8) is 0 Å². The summed E-state index contributed by atoms with van der Waals surface area (Å²) in [6, 6.07) is 7.62. The fraction of sp³-hybridized carbons (Fsp3) is 0.611. The molecule has 3 rings (SSSR count). The molecule has 1 heterocycles. The van der Waals surface area contributed by atoms with E-state index < -0.39 is 18.2 Å². The smallest absolute Gasteiger partial charge is 0.223 e. The Kier molecular flexibility index (Phi) is 4.99. The van der Waals surface area contributed by atoms with E-state index in [4.69, 9.17) is 4.74 Å². The summed E-state index contributed by atoms with van der Waals surface area (Å²) in [6.07, 6.45) is 0.160. The number of benzene rings is 1. The average molecular weight is 319 g/mol. The zero-order chi connectivity index (χ0) is 16.4. The molecule has 2 aliphatic rings. The summed E-state index contributed by atoms with van der Waals surface area (Å²) < 4.78 is 5.29.